The van der Waals surface area contributed by atoms with Gasteiger partial charge in [-0.15, -0.1) is 0 Å². The van der Waals surface area contributed by atoms with Crippen LogP contribution in [0.1, 0.15) is 17.2 Å². The second-order valence-corrected chi connectivity index (χ2v) is 6.16. The number of aromatic nitrogens is 3. The molecule has 0 fully saturated rings. The Hall–Kier alpha value is -3.28. The molecule has 2 N–H and O–H groups in total. The molecule has 2 aromatic carbocycles. The molecule has 0 bridgehead atoms. The SMILES string of the molecule is COc1ccccc1NC(c1cnn(C)c1)c1c[nH]c2ccc(F)cc12. The maximum Gasteiger partial charge on any atom is 0.141 e. The molecule has 6 heteroatoms. The van der Waals surface area contributed by atoms with E-state index >= 15 is 0 Å². The molecule has 2 heterocycles. The predicted octanol–water partition coefficient (Wildman–Crippen LogP) is 4.25. The molecule has 0 spiro atoms. The van der Waals surface area contributed by atoms with Gasteiger partial charge in [0, 0.05) is 41.5 Å². The minimum atomic E-state index is -0.263. The van der Waals surface area contributed by atoms with E-state index in [4.69, 9.17) is 4.74 Å². The van der Waals surface area contributed by atoms with E-state index in [9.17, 15) is 4.39 Å². The summed E-state index contributed by atoms with van der Waals surface area (Å²) in [5.41, 5.74) is 3.66. The second-order valence-electron chi connectivity index (χ2n) is 6.16. The second kappa shape index (κ2) is 6.55. The number of benzene rings is 2. The predicted molar refractivity (Wildman–Crippen MR) is 99.9 cm³/mol. The lowest BCUT2D eigenvalue weighted by Crippen LogP contribution is -2.12. The largest absolute Gasteiger partial charge is 0.495 e. The highest BCUT2D eigenvalue weighted by molar-refractivity contribution is 5.84. The van der Waals surface area contributed by atoms with Crippen LogP contribution in [0.4, 0.5) is 10.1 Å². The van der Waals surface area contributed by atoms with Crippen LogP contribution in [0, 0.1) is 5.82 Å². The summed E-state index contributed by atoms with van der Waals surface area (Å²) in [7, 11) is 3.51. The van der Waals surface area contributed by atoms with Crippen LogP contribution in [0.15, 0.2) is 61.1 Å². The number of nitrogens with zero attached hydrogens (tertiary/aromatic N) is 2. The Balaban J connectivity index is 1.84. The summed E-state index contributed by atoms with van der Waals surface area (Å²) >= 11 is 0. The van der Waals surface area contributed by atoms with Crippen molar-refractivity contribution < 1.29 is 9.13 Å². The lowest BCUT2D eigenvalue weighted by atomic mass is 10.00. The number of ether oxygens (including phenoxy) is 1. The van der Waals surface area contributed by atoms with Gasteiger partial charge in [0.25, 0.3) is 0 Å². The summed E-state index contributed by atoms with van der Waals surface area (Å²) in [6, 6.07) is 12.3. The molecule has 1 unspecified atom stereocenters. The van der Waals surface area contributed by atoms with Crippen LogP contribution in [0.25, 0.3) is 10.9 Å². The van der Waals surface area contributed by atoms with Crippen molar-refractivity contribution in [2.45, 2.75) is 6.04 Å². The molecule has 0 saturated heterocycles. The first-order chi connectivity index (χ1) is 12.7. The Kier molecular flexibility index (Phi) is 4.08. The number of rotatable bonds is 5. The third-order valence-electron chi connectivity index (χ3n) is 4.45. The molecule has 0 saturated carbocycles. The zero-order valence-corrected chi connectivity index (χ0v) is 14.5. The summed E-state index contributed by atoms with van der Waals surface area (Å²) < 4.78 is 21.1. The fourth-order valence-corrected chi connectivity index (χ4v) is 3.20. The molecule has 2 aromatic heterocycles. The highest BCUT2D eigenvalue weighted by atomic mass is 19.1. The van der Waals surface area contributed by atoms with E-state index in [0.717, 1.165) is 33.5 Å². The normalized spacial score (nSPS) is 12.3. The summed E-state index contributed by atoms with van der Waals surface area (Å²) in [6.07, 6.45) is 5.67. The lowest BCUT2D eigenvalue weighted by molar-refractivity contribution is 0.416. The molecule has 4 rings (SSSR count). The molecule has 0 radical (unpaired) electrons. The van der Waals surface area contributed by atoms with Crippen LogP contribution in [-0.2, 0) is 7.05 Å². The maximum absolute atomic E-state index is 13.8. The van der Waals surface area contributed by atoms with Gasteiger partial charge in [-0.1, -0.05) is 12.1 Å². The first-order valence-corrected chi connectivity index (χ1v) is 8.30. The number of para-hydroxylation sites is 2. The third kappa shape index (κ3) is 2.90. The minimum Gasteiger partial charge on any atom is -0.495 e. The van der Waals surface area contributed by atoms with E-state index in [1.165, 1.54) is 6.07 Å². The first kappa shape index (κ1) is 16.2. The quantitative estimate of drug-likeness (QED) is 0.566. The topological polar surface area (TPSA) is 54.9 Å². The smallest absolute Gasteiger partial charge is 0.141 e. The molecule has 0 amide bonds. The molecule has 26 heavy (non-hydrogen) atoms. The lowest BCUT2D eigenvalue weighted by Gasteiger charge is -2.20. The fourth-order valence-electron chi connectivity index (χ4n) is 3.20. The van der Waals surface area contributed by atoms with E-state index in [2.05, 4.69) is 15.4 Å². The summed E-state index contributed by atoms with van der Waals surface area (Å²) in [5, 5.41) is 8.65. The van der Waals surface area contributed by atoms with Crippen LogP contribution < -0.4 is 10.1 Å². The van der Waals surface area contributed by atoms with Gasteiger partial charge in [-0.05, 0) is 30.3 Å². The van der Waals surface area contributed by atoms with E-state index in [1.54, 1.807) is 23.9 Å². The van der Waals surface area contributed by atoms with Gasteiger partial charge in [-0.2, -0.15) is 5.10 Å². The number of methoxy groups -OCH3 is 1. The molecular weight excluding hydrogens is 331 g/mol. The Morgan fingerprint density at radius 1 is 1.23 bits per heavy atom. The van der Waals surface area contributed by atoms with Gasteiger partial charge in [0.1, 0.15) is 11.6 Å². The van der Waals surface area contributed by atoms with Crippen LogP contribution in [-0.4, -0.2) is 21.9 Å². The molecule has 132 valence electrons. The number of H-pyrrole nitrogens is 1. The van der Waals surface area contributed by atoms with Gasteiger partial charge in [0.2, 0.25) is 0 Å². The third-order valence-corrected chi connectivity index (χ3v) is 4.45. The molecule has 0 aliphatic rings. The molecular formula is C20H19FN4O. The molecule has 0 aliphatic carbocycles. The molecule has 1 atom stereocenters. The highest BCUT2D eigenvalue weighted by Crippen LogP contribution is 2.35. The number of anilines is 1. The highest BCUT2D eigenvalue weighted by Gasteiger charge is 2.21. The Bertz CT molecular complexity index is 1050. The van der Waals surface area contributed by atoms with Crippen molar-refractivity contribution in [2.24, 2.45) is 7.05 Å². The number of nitrogens with one attached hydrogen (secondary N) is 2. The summed E-state index contributed by atoms with van der Waals surface area (Å²) in [5.74, 6) is 0.480. The zero-order valence-electron chi connectivity index (χ0n) is 14.5. The average molecular weight is 350 g/mol. The van der Waals surface area contributed by atoms with Crippen molar-refractivity contribution in [3.63, 3.8) is 0 Å². The minimum absolute atomic E-state index is 0.212. The van der Waals surface area contributed by atoms with Crippen LogP contribution in [0.3, 0.4) is 0 Å². The van der Waals surface area contributed by atoms with Gasteiger partial charge in [0.05, 0.1) is 25.0 Å². The van der Waals surface area contributed by atoms with E-state index < -0.39 is 0 Å². The first-order valence-electron chi connectivity index (χ1n) is 8.30. The maximum atomic E-state index is 13.8. The van der Waals surface area contributed by atoms with Crippen molar-refractivity contribution in [3.8, 4) is 5.75 Å². The summed E-state index contributed by atoms with van der Waals surface area (Å²) in [6.45, 7) is 0. The number of hydrogen-bond donors (Lipinski definition) is 2. The van der Waals surface area contributed by atoms with E-state index in [0.29, 0.717) is 0 Å². The van der Waals surface area contributed by atoms with Gasteiger partial charge in [0.15, 0.2) is 0 Å². The molecule has 0 aliphatic heterocycles. The number of aromatic amines is 1. The van der Waals surface area contributed by atoms with Gasteiger partial charge in [-0.3, -0.25) is 4.68 Å². The van der Waals surface area contributed by atoms with Crippen LogP contribution >= 0.6 is 0 Å². The number of halogens is 1. The van der Waals surface area contributed by atoms with Crippen LogP contribution in [0.5, 0.6) is 5.75 Å². The number of aryl methyl sites for hydroxylation is 1. The Morgan fingerprint density at radius 2 is 2.08 bits per heavy atom. The van der Waals surface area contributed by atoms with Gasteiger partial charge >= 0.3 is 0 Å². The standard InChI is InChI=1S/C20H19FN4O/c1-25-12-13(10-23-25)20(24-18-5-3-4-6-19(18)26-2)16-11-22-17-8-7-14(21)9-15(16)17/h3-12,20,22,24H,1-2H3. The van der Waals surface area contributed by atoms with Crippen molar-refractivity contribution in [1.82, 2.24) is 14.8 Å². The van der Waals surface area contributed by atoms with Crippen molar-refractivity contribution in [3.05, 3.63) is 78.0 Å². The van der Waals surface area contributed by atoms with Gasteiger partial charge in [-0.25, -0.2) is 4.39 Å². The zero-order chi connectivity index (χ0) is 18.1. The summed E-state index contributed by atoms with van der Waals surface area (Å²) in [4.78, 5) is 3.22. The van der Waals surface area contributed by atoms with E-state index in [-0.39, 0.29) is 11.9 Å². The molecule has 5 nitrogen and oxygen atoms in total. The average Bonchev–Trinajstić information content (AvgIpc) is 3.26. The van der Waals surface area contributed by atoms with Crippen molar-refractivity contribution >= 4 is 16.6 Å². The van der Waals surface area contributed by atoms with E-state index in [1.807, 2.05) is 49.9 Å². The van der Waals surface area contributed by atoms with Crippen molar-refractivity contribution in [2.75, 3.05) is 12.4 Å². The van der Waals surface area contributed by atoms with Crippen molar-refractivity contribution in [1.29, 1.82) is 0 Å². The number of hydrogen-bond acceptors (Lipinski definition) is 3. The van der Waals surface area contributed by atoms with Crippen LogP contribution in [0.2, 0.25) is 0 Å². The Labute approximate surface area is 150 Å². The molecule has 4 aromatic rings. The Morgan fingerprint density at radius 3 is 2.85 bits per heavy atom. The fraction of sp³-hybridized carbons (Fsp3) is 0.150. The number of fused-ring (bicyclic) bond motifs is 1. The van der Waals surface area contributed by atoms with Gasteiger partial charge < -0.3 is 15.0 Å². The monoisotopic (exact) mass is 350 g/mol.